The van der Waals surface area contributed by atoms with Crippen LogP contribution in [0.3, 0.4) is 0 Å². The second kappa shape index (κ2) is 4.78. The number of hydrogen-bond acceptors (Lipinski definition) is 1. The molecule has 0 aliphatic heterocycles. The number of benzene rings is 2. The fourth-order valence-corrected chi connectivity index (χ4v) is 2.16. The first-order chi connectivity index (χ1) is 9.25. The van der Waals surface area contributed by atoms with Crippen LogP contribution in [0.15, 0.2) is 65.6 Å². The van der Waals surface area contributed by atoms with Crippen molar-refractivity contribution in [1.29, 1.82) is 0 Å². The molecule has 0 radical (unpaired) electrons. The van der Waals surface area contributed by atoms with Gasteiger partial charge in [-0.2, -0.15) is 0 Å². The minimum absolute atomic E-state index is 0.156. The van der Waals surface area contributed by atoms with Gasteiger partial charge in [0.05, 0.1) is 11.4 Å². The number of aromatic nitrogens is 2. The van der Waals surface area contributed by atoms with Crippen molar-refractivity contribution in [1.82, 2.24) is 9.55 Å². The van der Waals surface area contributed by atoms with Crippen LogP contribution in [-0.4, -0.2) is 9.55 Å². The van der Waals surface area contributed by atoms with E-state index in [0.717, 1.165) is 16.9 Å². The van der Waals surface area contributed by atoms with Crippen molar-refractivity contribution in [3.05, 3.63) is 76.3 Å². The summed E-state index contributed by atoms with van der Waals surface area (Å²) in [6.45, 7) is 0. The van der Waals surface area contributed by atoms with Gasteiger partial charge in [-0.25, -0.2) is 4.79 Å². The van der Waals surface area contributed by atoms with Crippen molar-refractivity contribution in [3.63, 3.8) is 0 Å². The third-order valence-electron chi connectivity index (χ3n) is 2.93. The number of aromatic amines is 1. The Morgan fingerprint density at radius 3 is 2.32 bits per heavy atom. The standard InChI is InChI=1S/C15H11ClN2O/c16-12-8-6-11(7-9-12)14-10-17-15(19)18(14)13-4-2-1-3-5-13/h1-10H,(H,17,19). The topological polar surface area (TPSA) is 37.8 Å². The van der Waals surface area contributed by atoms with E-state index in [-0.39, 0.29) is 5.69 Å². The number of halogens is 1. The number of nitrogens with zero attached hydrogens (tertiary/aromatic N) is 1. The fraction of sp³-hybridized carbons (Fsp3) is 0. The molecule has 1 N–H and O–H groups in total. The number of para-hydroxylation sites is 1. The Morgan fingerprint density at radius 2 is 1.63 bits per heavy atom. The maximum absolute atomic E-state index is 12.0. The molecule has 1 heterocycles. The molecule has 3 rings (SSSR count). The van der Waals surface area contributed by atoms with Gasteiger partial charge < -0.3 is 4.98 Å². The van der Waals surface area contributed by atoms with Gasteiger partial charge in [0.15, 0.2) is 0 Å². The Bertz CT molecular complexity index is 742. The highest BCUT2D eigenvalue weighted by atomic mass is 35.5. The molecule has 0 saturated heterocycles. The molecule has 3 aromatic rings. The summed E-state index contributed by atoms with van der Waals surface area (Å²) in [6, 6.07) is 16.9. The summed E-state index contributed by atoms with van der Waals surface area (Å²) in [5.74, 6) is 0. The first-order valence-corrected chi connectivity index (χ1v) is 6.25. The lowest BCUT2D eigenvalue weighted by molar-refractivity contribution is 0.993. The Labute approximate surface area is 115 Å². The van der Waals surface area contributed by atoms with Crippen LogP contribution in [0.5, 0.6) is 0 Å². The summed E-state index contributed by atoms with van der Waals surface area (Å²) in [7, 11) is 0. The summed E-state index contributed by atoms with van der Waals surface area (Å²) in [6.07, 6.45) is 1.71. The second-order valence-electron chi connectivity index (χ2n) is 4.16. The molecule has 19 heavy (non-hydrogen) atoms. The van der Waals surface area contributed by atoms with Gasteiger partial charge in [-0.3, -0.25) is 4.57 Å². The predicted molar refractivity (Wildman–Crippen MR) is 76.8 cm³/mol. The zero-order valence-electron chi connectivity index (χ0n) is 10.0. The van der Waals surface area contributed by atoms with E-state index >= 15 is 0 Å². The second-order valence-corrected chi connectivity index (χ2v) is 4.59. The van der Waals surface area contributed by atoms with Crippen LogP contribution in [0.2, 0.25) is 5.02 Å². The third-order valence-corrected chi connectivity index (χ3v) is 3.18. The van der Waals surface area contributed by atoms with Crippen LogP contribution >= 0.6 is 11.6 Å². The van der Waals surface area contributed by atoms with E-state index < -0.39 is 0 Å². The smallest absolute Gasteiger partial charge is 0.312 e. The van der Waals surface area contributed by atoms with Gasteiger partial charge in [0, 0.05) is 16.8 Å². The highest BCUT2D eigenvalue weighted by molar-refractivity contribution is 6.30. The summed E-state index contributed by atoms with van der Waals surface area (Å²) in [5, 5.41) is 0.674. The van der Waals surface area contributed by atoms with Gasteiger partial charge >= 0.3 is 5.69 Å². The van der Waals surface area contributed by atoms with Crippen LogP contribution in [0.1, 0.15) is 0 Å². The Balaban J connectivity index is 2.19. The van der Waals surface area contributed by atoms with E-state index in [2.05, 4.69) is 4.98 Å². The molecule has 0 amide bonds. The molecule has 0 spiro atoms. The van der Waals surface area contributed by atoms with Gasteiger partial charge in [0.25, 0.3) is 0 Å². The quantitative estimate of drug-likeness (QED) is 0.760. The molecule has 0 unspecified atom stereocenters. The molecule has 4 heteroatoms. The molecule has 0 fully saturated rings. The first-order valence-electron chi connectivity index (χ1n) is 5.87. The number of rotatable bonds is 2. The average molecular weight is 271 g/mol. The van der Waals surface area contributed by atoms with Gasteiger partial charge in [0.1, 0.15) is 0 Å². The molecule has 0 aliphatic carbocycles. The highest BCUT2D eigenvalue weighted by Crippen LogP contribution is 2.22. The van der Waals surface area contributed by atoms with Crippen molar-refractivity contribution in [2.24, 2.45) is 0 Å². The molecule has 94 valence electrons. The van der Waals surface area contributed by atoms with Crippen LogP contribution in [0.4, 0.5) is 0 Å². The number of nitrogens with one attached hydrogen (secondary N) is 1. The molecule has 0 saturated carbocycles. The van der Waals surface area contributed by atoms with E-state index in [1.54, 1.807) is 10.8 Å². The maximum atomic E-state index is 12.0. The van der Waals surface area contributed by atoms with E-state index in [9.17, 15) is 4.79 Å². The molecule has 3 nitrogen and oxygen atoms in total. The lowest BCUT2D eigenvalue weighted by atomic mass is 10.1. The predicted octanol–water partition coefficient (Wildman–Crippen LogP) is 3.49. The van der Waals surface area contributed by atoms with Gasteiger partial charge in [0.2, 0.25) is 0 Å². The lowest BCUT2D eigenvalue weighted by Crippen LogP contribution is -2.15. The van der Waals surface area contributed by atoms with Gasteiger partial charge in [-0.15, -0.1) is 0 Å². The van der Waals surface area contributed by atoms with Crippen LogP contribution in [-0.2, 0) is 0 Å². The summed E-state index contributed by atoms with van der Waals surface area (Å²) >= 11 is 5.88. The Morgan fingerprint density at radius 1 is 0.947 bits per heavy atom. The lowest BCUT2D eigenvalue weighted by Gasteiger charge is -2.07. The number of imidazole rings is 1. The minimum Gasteiger partial charge on any atom is -0.312 e. The van der Waals surface area contributed by atoms with Crippen molar-refractivity contribution >= 4 is 11.6 Å². The van der Waals surface area contributed by atoms with Crippen molar-refractivity contribution in [2.75, 3.05) is 0 Å². The van der Waals surface area contributed by atoms with E-state index in [1.165, 1.54) is 0 Å². The normalized spacial score (nSPS) is 10.6. The van der Waals surface area contributed by atoms with Crippen molar-refractivity contribution in [2.45, 2.75) is 0 Å². The fourth-order valence-electron chi connectivity index (χ4n) is 2.04. The van der Waals surface area contributed by atoms with Gasteiger partial charge in [-0.05, 0) is 24.3 Å². The SMILES string of the molecule is O=c1[nH]cc(-c2ccc(Cl)cc2)n1-c1ccccc1. The van der Waals surface area contributed by atoms with E-state index in [1.807, 2.05) is 54.6 Å². The zero-order valence-corrected chi connectivity index (χ0v) is 10.8. The highest BCUT2D eigenvalue weighted by Gasteiger charge is 2.09. The summed E-state index contributed by atoms with van der Waals surface area (Å²) in [4.78, 5) is 14.7. The summed E-state index contributed by atoms with van der Waals surface area (Å²) < 4.78 is 1.64. The van der Waals surface area contributed by atoms with E-state index in [0.29, 0.717) is 5.02 Å². The minimum atomic E-state index is -0.156. The van der Waals surface area contributed by atoms with Crippen LogP contribution in [0.25, 0.3) is 16.9 Å². The molecule has 2 aromatic carbocycles. The number of H-pyrrole nitrogens is 1. The molecular weight excluding hydrogens is 260 g/mol. The first kappa shape index (κ1) is 11.8. The zero-order chi connectivity index (χ0) is 13.2. The summed E-state index contributed by atoms with van der Waals surface area (Å²) in [5.41, 5.74) is 2.43. The van der Waals surface area contributed by atoms with E-state index in [4.69, 9.17) is 11.6 Å². The van der Waals surface area contributed by atoms with Crippen LogP contribution < -0.4 is 5.69 Å². The van der Waals surface area contributed by atoms with Crippen molar-refractivity contribution in [3.8, 4) is 16.9 Å². The number of hydrogen-bond donors (Lipinski definition) is 1. The average Bonchev–Trinajstić information content (AvgIpc) is 2.82. The van der Waals surface area contributed by atoms with Crippen LogP contribution in [0, 0.1) is 0 Å². The van der Waals surface area contributed by atoms with Gasteiger partial charge in [-0.1, -0.05) is 41.9 Å². The molecule has 0 aliphatic rings. The maximum Gasteiger partial charge on any atom is 0.330 e. The Kier molecular flexibility index (Phi) is 2.97. The third kappa shape index (κ3) is 2.20. The molecule has 0 bridgehead atoms. The molecule has 0 atom stereocenters. The van der Waals surface area contributed by atoms with Crippen molar-refractivity contribution < 1.29 is 0 Å². The molecular formula is C15H11ClN2O. The Hall–Kier alpha value is -2.26. The monoisotopic (exact) mass is 270 g/mol. The largest absolute Gasteiger partial charge is 0.330 e. The molecule has 1 aromatic heterocycles.